The zero-order valence-electron chi connectivity index (χ0n) is 12.1. The Morgan fingerprint density at radius 1 is 1.25 bits per heavy atom. The lowest BCUT2D eigenvalue weighted by Crippen LogP contribution is -2.21. The number of nitrogens with zero attached hydrogens (tertiary/aromatic N) is 2. The lowest BCUT2D eigenvalue weighted by molar-refractivity contribution is -0.118. The quantitative estimate of drug-likeness (QED) is 0.894. The summed E-state index contributed by atoms with van der Waals surface area (Å²) in [6.45, 7) is 7.65. The van der Waals surface area contributed by atoms with Crippen molar-refractivity contribution in [1.29, 1.82) is 0 Å². The minimum Gasteiger partial charge on any atom is -0.483 e. The molecule has 0 spiro atoms. The van der Waals surface area contributed by atoms with E-state index in [4.69, 9.17) is 4.74 Å². The Labute approximate surface area is 117 Å². The number of carbonyl (C=O) groups excluding carboxylic acids is 1. The second-order valence-corrected chi connectivity index (χ2v) is 4.81. The molecule has 6 nitrogen and oxygen atoms in total. The third-order valence-corrected chi connectivity index (χ3v) is 2.80. The number of ether oxygens (including phenoxy) is 1. The number of carbonyl (C=O) groups is 1. The average molecular weight is 274 g/mol. The summed E-state index contributed by atoms with van der Waals surface area (Å²) in [7, 11) is 0. The van der Waals surface area contributed by atoms with E-state index in [1.807, 2.05) is 32.9 Å². The number of aromatic nitrogens is 3. The molecule has 0 unspecified atom stereocenters. The summed E-state index contributed by atoms with van der Waals surface area (Å²) >= 11 is 0. The second kappa shape index (κ2) is 5.73. The van der Waals surface area contributed by atoms with Gasteiger partial charge in [-0.05, 0) is 38.8 Å². The molecule has 0 atom stereocenters. The van der Waals surface area contributed by atoms with Gasteiger partial charge in [0.05, 0.1) is 0 Å². The molecule has 1 aromatic heterocycles. The zero-order valence-corrected chi connectivity index (χ0v) is 12.1. The van der Waals surface area contributed by atoms with Crippen molar-refractivity contribution in [3.63, 3.8) is 0 Å². The molecule has 0 bridgehead atoms. The van der Waals surface area contributed by atoms with E-state index in [2.05, 4.69) is 20.5 Å². The highest BCUT2D eigenvalue weighted by molar-refractivity contribution is 5.90. The van der Waals surface area contributed by atoms with Gasteiger partial charge in [-0.1, -0.05) is 17.7 Å². The highest BCUT2D eigenvalue weighted by Crippen LogP contribution is 2.24. The molecule has 2 N–H and O–H groups in total. The van der Waals surface area contributed by atoms with Crippen LogP contribution in [0.4, 0.5) is 5.95 Å². The van der Waals surface area contributed by atoms with Crippen LogP contribution in [-0.2, 0) is 4.79 Å². The SMILES string of the molecule is Cc1cc(C)c(OCC(=O)Nc2n[nH]c(C)n2)c(C)c1. The number of rotatable bonds is 4. The Kier molecular flexibility index (Phi) is 4.02. The van der Waals surface area contributed by atoms with E-state index >= 15 is 0 Å². The predicted molar refractivity (Wildman–Crippen MR) is 75.9 cm³/mol. The molecule has 0 aliphatic heterocycles. The maximum absolute atomic E-state index is 11.8. The molecule has 0 radical (unpaired) electrons. The first-order valence-electron chi connectivity index (χ1n) is 6.35. The van der Waals surface area contributed by atoms with Crippen molar-refractivity contribution in [2.75, 3.05) is 11.9 Å². The molecule has 1 aromatic carbocycles. The molecular formula is C14H18N4O2. The largest absolute Gasteiger partial charge is 0.483 e. The number of nitrogens with one attached hydrogen (secondary N) is 2. The van der Waals surface area contributed by atoms with Crippen molar-refractivity contribution in [3.05, 3.63) is 34.6 Å². The fraction of sp³-hybridized carbons (Fsp3) is 0.357. The number of amides is 1. The van der Waals surface area contributed by atoms with Crippen molar-refractivity contribution >= 4 is 11.9 Å². The van der Waals surface area contributed by atoms with E-state index in [-0.39, 0.29) is 18.5 Å². The van der Waals surface area contributed by atoms with E-state index < -0.39 is 0 Å². The molecule has 2 rings (SSSR count). The Morgan fingerprint density at radius 2 is 1.90 bits per heavy atom. The number of anilines is 1. The third-order valence-electron chi connectivity index (χ3n) is 2.80. The first kappa shape index (κ1) is 14.0. The topological polar surface area (TPSA) is 79.9 Å². The predicted octanol–water partition coefficient (Wildman–Crippen LogP) is 2.06. The number of hydrogen-bond donors (Lipinski definition) is 2. The molecule has 0 aliphatic carbocycles. The molecule has 0 saturated carbocycles. The molecule has 2 aromatic rings. The van der Waals surface area contributed by atoms with Crippen LogP contribution in [0.15, 0.2) is 12.1 Å². The van der Waals surface area contributed by atoms with E-state index in [0.717, 1.165) is 16.9 Å². The Morgan fingerprint density at radius 3 is 2.45 bits per heavy atom. The van der Waals surface area contributed by atoms with Gasteiger partial charge in [0.25, 0.3) is 5.91 Å². The molecular weight excluding hydrogens is 256 g/mol. The van der Waals surface area contributed by atoms with Crippen LogP contribution in [0.5, 0.6) is 5.75 Å². The summed E-state index contributed by atoms with van der Waals surface area (Å²) in [5, 5.41) is 9.06. The highest BCUT2D eigenvalue weighted by Gasteiger charge is 2.10. The Hall–Kier alpha value is -2.37. The van der Waals surface area contributed by atoms with Crippen LogP contribution in [0.2, 0.25) is 0 Å². The minimum absolute atomic E-state index is 0.0711. The minimum atomic E-state index is -0.289. The molecule has 0 aliphatic rings. The Bertz CT molecular complexity index is 611. The summed E-state index contributed by atoms with van der Waals surface area (Å²) in [4.78, 5) is 15.8. The fourth-order valence-electron chi connectivity index (χ4n) is 2.09. The van der Waals surface area contributed by atoms with Crippen LogP contribution in [0.3, 0.4) is 0 Å². The van der Waals surface area contributed by atoms with Crippen LogP contribution in [-0.4, -0.2) is 27.7 Å². The maximum Gasteiger partial charge on any atom is 0.264 e. The van der Waals surface area contributed by atoms with E-state index in [1.54, 1.807) is 6.92 Å². The van der Waals surface area contributed by atoms with Gasteiger partial charge in [0.2, 0.25) is 5.95 Å². The number of aromatic amines is 1. The van der Waals surface area contributed by atoms with Crippen molar-refractivity contribution in [3.8, 4) is 5.75 Å². The monoisotopic (exact) mass is 274 g/mol. The van der Waals surface area contributed by atoms with Gasteiger partial charge in [0.15, 0.2) is 6.61 Å². The van der Waals surface area contributed by atoms with Crippen LogP contribution in [0.25, 0.3) is 0 Å². The molecule has 0 fully saturated rings. The third kappa shape index (κ3) is 3.34. The molecule has 1 amide bonds. The second-order valence-electron chi connectivity index (χ2n) is 4.81. The highest BCUT2D eigenvalue weighted by atomic mass is 16.5. The number of benzene rings is 1. The normalized spacial score (nSPS) is 10.4. The molecule has 0 saturated heterocycles. The van der Waals surface area contributed by atoms with Gasteiger partial charge in [0, 0.05) is 0 Å². The lowest BCUT2D eigenvalue weighted by Gasteiger charge is -2.12. The van der Waals surface area contributed by atoms with Gasteiger partial charge in [0.1, 0.15) is 11.6 Å². The summed E-state index contributed by atoms with van der Waals surface area (Å²) in [6, 6.07) is 4.05. The van der Waals surface area contributed by atoms with Crippen molar-refractivity contribution in [2.24, 2.45) is 0 Å². The van der Waals surface area contributed by atoms with Gasteiger partial charge in [-0.15, -0.1) is 5.10 Å². The summed E-state index contributed by atoms with van der Waals surface area (Å²) < 4.78 is 5.59. The van der Waals surface area contributed by atoms with Gasteiger partial charge in [-0.2, -0.15) is 4.98 Å². The molecule has 1 heterocycles. The number of H-pyrrole nitrogens is 1. The summed E-state index contributed by atoms with van der Waals surface area (Å²) in [5.74, 6) is 1.36. The van der Waals surface area contributed by atoms with E-state index in [0.29, 0.717) is 5.82 Å². The first-order valence-corrected chi connectivity index (χ1v) is 6.35. The average Bonchev–Trinajstić information content (AvgIpc) is 2.73. The van der Waals surface area contributed by atoms with Gasteiger partial charge < -0.3 is 4.74 Å². The van der Waals surface area contributed by atoms with Crippen molar-refractivity contribution in [2.45, 2.75) is 27.7 Å². The van der Waals surface area contributed by atoms with Crippen molar-refractivity contribution in [1.82, 2.24) is 15.2 Å². The molecule has 20 heavy (non-hydrogen) atoms. The summed E-state index contributed by atoms with van der Waals surface area (Å²) in [5.41, 5.74) is 3.21. The zero-order chi connectivity index (χ0) is 14.7. The first-order chi connectivity index (χ1) is 9.45. The van der Waals surface area contributed by atoms with Crippen LogP contribution in [0, 0.1) is 27.7 Å². The van der Waals surface area contributed by atoms with Gasteiger partial charge >= 0.3 is 0 Å². The van der Waals surface area contributed by atoms with E-state index in [1.165, 1.54) is 5.56 Å². The van der Waals surface area contributed by atoms with Crippen LogP contribution in [0.1, 0.15) is 22.5 Å². The standard InChI is InChI=1S/C14H18N4O2/c1-8-5-9(2)13(10(3)6-8)20-7-12(19)16-14-15-11(4)17-18-14/h5-6H,7H2,1-4H3,(H2,15,16,17,18,19). The van der Waals surface area contributed by atoms with Crippen LogP contribution < -0.4 is 10.1 Å². The molecule has 6 heteroatoms. The fourth-order valence-corrected chi connectivity index (χ4v) is 2.09. The number of aryl methyl sites for hydroxylation is 4. The smallest absolute Gasteiger partial charge is 0.264 e. The lowest BCUT2D eigenvalue weighted by atomic mass is 10.1. The van der Waals surface area contributed by atoms with Gasteiger partial charge in [-0.3, -0.25) is 15.2 Å². The van der Waals surface area contributed by atoms with Gasteiger partial charge in [-0.25, -0.2) is 0 Å². The molecule has 106 valence electrons. The van der Waals surface area contributed by atoms with Crippen molar-refractivity contribution < 1.29 is 9.53 Å². The van der Waals surface area contributed by atoms with Crippen LogP contribution >= 0.6 is 0 Å². The maximum atomic E-state index is 11.8. The summed E-state index contributed by atoms with van der Waals surface area (Å²) in [6.07, 6.45) is 0. The van der Waals surface area contributed by atoms with E-state index in [9.17, 15) is 4.79 Å². The number of hydrogen-bond acceptors (Lipinski definition) is 4. The Balaban J connectivity index is 1.97.